The number of H-pyrrole nitrogens is 1. The summed E-state index contributed by atoms with van der Waals surface area (Å²) in [5.74, 6) is 0.155. The van der Waals surface area contributed by atoms with E-state index in [1.165, 1.54) is 12.1 Å². The molecule has 12 heteroatoms. The Labute approximate surface area is 239 Å². The molecular formula is C29H26ClF2N7O2. The number of carbonyl (C=O) groups is 1. The second kappa shape index (κ2) is 11.8. The molecule has 5 aromatic rings. The second-order valence-corrected chi connectivity index (χ2v) is 9.96. The molecule has 9 nitrogen and oxygen atoms in total. The van der Waals surface area contributed by atoms with E-state index in [0.717, 1.165) is 28.1 Å². The lowest BCUT2D eigenvalue weighted by Crippen LogP contribution is -2.23. The van der Waals surface area contributed by atoms with Crippen LogP contribution in [-0.2, 0) is 13.1 Å². The topological polar surface area (TPSA) is 111 Å². The van der Waals surface area contributed by atoms with E-state index < -0.39 is 6.11 Å². The van der Waals surface area contributed by atoms with Crippen molar-refractivity contribution in [1.82, 2.24) is 35.7 Å². The number of halogens is 3. The highest BCUT2D eigenvalue weighted by Gasteiger charge is 2.23. The number of rotatable bonds is 10. The van der Waals surface area contributed by atoms with E-state index in [2.05, 4.69) is 37.6 Å². The first-order valence-corrected chi connectivity index (χ1v) is 13.1. The van der Waals surface area contributed by atoms with Crippen molar-refractivity contribution in [2.45, 2.75) is 39.0 Å². The Morgan fingerprint density at radius 1 is 1.07 bits per heavy atom. The van der Waals surface area contributed by atoms with Crippen molar-refractivity contribution < 1.29 is 18.3 Å². The van der Waals surface area contributed by atoms with Gasteiger partial charge in [-0.1, -0.05) is 48.0 Å². The van der Waals surface area contributed by atoms with Gasteiger partial charge in [-0.15, -0.1) is 10.2 Å². The van der Waals surface area contributed by atoms with E-state index in [1.807, 2.05) is 47.1 Å². The van der Waals surface area contributed by atoms with Crippen LogP contribution in [0.2, 0.25) is 5.02 Å². The molecule has 1 unspecified atom stereocenters. The number of ether oxygens (including phenoxy) is 1. The zero-order valence-corrected chi connectivity index (χ0v) is 22.9. The summed E-state index contributed by atoms with van der Waals surface area (Å²) >= 11 is 6.08. The number of hydrogen-bond donors (Lipinski definition) is 2. The highest BCUT2D eigenvalue weighted by Crippen LogP contribution is 2.31. The largest absolute Gasteiger partial charge is 0.433 e. The quantitative estimate of drug-likeness (QED) is 0.216. The molecule has 0 saturated carbocycles. The molecule has 0 aliphatic heterocycles. The smallest absolute Gasteiger partial charge is 0.394 e. The first-order chi connectivity index (χ1) is 19.6. The molecular weight excluding hydrogens is 552 g/mol. The standard InChI is InChI=1S/C29H26ClF2N7O2/c1-18(20-7-11-23(30)12-8-20)25-15-26(21-9-13-24(14-10-21)41-29(2,31)32)39(36-25)17-19-3-5-22(6-4-19)28(40)33-16-27-34-37-38-35-27/h3-15,18H,16-17H2,1-2H3,(H,33,40)(H,34,35,37,38). The van der Waals surface area contributed by atoms with Crippen LogP contribution >= 0.6 is 11.6 Å². The summed E-state index contributed by atoms with van der Waals surface area (Å²) in [5.41, 5.74) is 4.88. The number of alkyl halides is 2. The van der Waals surface area contributed by atoms with Gasteiger partial charge in [-0.25, -0.2) is 0 Å². The van der Waals surface area contributed by atoms with Gasteiger partial charge < -0.3 is 10.1 Å². The van der Waals surface area contributed by atoms with E-state index >= 15 is 0 Å². The Morgan fingerprint density at radius 2 is 1.78 bits per heavy atom. The fraction of sp³-hybridized carbons (Fsp3) is 0.207. The second-order valence-electron chi connectivity index (χ2n) is 9.53. The van der Waals surface area contributed by atoms with E-state index in [9.17, 15) is 13.6 Å². The van der Waals surface area contributed by atoms with Gasteiger partial charge in [-0.2, -0.15) is 19.1 Å². The van der Waals surface area contributed by atoms with Gasteiger partial charge in [0.25, 0.3) is 5.91 Å². The third kappa shape index (κ3) is 7.12. The van der Waals surface area contributed by atoms with Crippen molar-refractivity contribution in [1.29, 1.82) is 0 Å². The lowest BCUT2D eigenvalue weighted by atomic mass is 9.97. The molecule has 0 fully saturated rings. The van der Waals surface area contributed by atoms with Crippen molar-refractivity contribution in [3.63, 3.8) is 0 Å². The minimum absolute atomic E-state index is 0.0288. The zero-order valence-electron chi connectivity index (χ0n) is 22.2. The predicted octanol–water partition coefficient (Wildman–Crippen LogP) is 5.84. The number of benzene rings is 3. The van der Waals surface area contributed by atoms with Gasteiger partial charge in [-0.3, -0.25) is 9.48 Å². The number of nitrogens with one attached hydrogen (secondary N) is 2. The first-order valence-electron chi connectivity index (χ1n) is 12.7. The maximum absolute atomic E-state index is 13.3. The Kier molecular flexibility index (Phi) is 8.06. The number of carbonyl (C=O) groups excluding carboxylic acids is 1. The number of amides is 1. The molecule has 1 atom stereocenters. The van der Waals surface area contributed by atoms with Crippen molar-refractivity contribution >= 4 is 17.5 Å². The van der Waals surface area contributed by atoms with Crippen LogP contribution in [0.1, 0.15) is 52.8 Å². The monoisotopic (exact) mass is 577 g/mol. The Hall–Kier alpha value is -4.64. The Morgan fingerprint density at radius 3 is 2.41 bits per heavy atom. The first kappa shape index (κ1) is 27.9. The van der Waals surface area contributed by atoms with Crippen LogP contribution in [0, 0.1) is 0 Å². The molecule has 41 heavy (non-hydrogen) atoms. The van der Waals surface area contributed by atoms with Gasteiger partial charge in [0.2, 0.25) is 0 Å². The lowest BCUT2D eigenvalue weighted by Gasteiger charge is -2.13. The molecule has 3 aromatic carbocycles. The lowest BCUT2D eigenvalue weighted by molar-refractivity contribution is -0.158. The molecule has 210 valence electrons. The molecule has 0 aliphatic rings. The van der Waals surface area contributed by atoms with Gasteiger partial charge in [0.05, 0.1) is 24.5 Å². The molecule has 0 spiro atoms. The van der Waals surface area contributed by atoms with Gasteiger partial charge in [0.15, 0.2) is 5.82 Å². The van der Waals surface area contributed by atoms with Crippen molar-refractivity contribution in [2.24, 2.45) is 0 Å². The molecule has 0 aliphatic carbocycles. The van der Waals surface area contributed by atoms with Crippen LogP contribution in [0.15, 0.2) is 78.9 Å². The minimum Gasteiger partial charge on any atom is -0.433 e. The summed E-state index contributed by atoms with van der Waals surface area (Å²) in [4.78, 5) is 12.5. The third-order valence-corrected chi connectivity index (χ3v) is 6.66. The third-order valence-electron chi connectivity index (χ3n) is 6.40. The van der Waals surface area contributed by atoms with Crippen LogP contribution < -0.4 is 10.1 Å². The van der Waals surface area contributed by atoms with Gasteiger partial charge in [0.1, 0.15) is 5.75 Å². The number of tetrazole rings is 1. The fourth-order valence-corrected chi connectivity index (χ4v) is 4.40. The molecule has 0 bridgehead atoms. The summed E-state index contributed by atoms with van der Waals surface area (Å²) in [6.07, 6.45) is -3.28. The molecule has 5 rings (SSSR count). The van der Waals surface area contributed by atoms with Gasteiger partial charge >= 0.3 is 6.11 Å². The number of aromatic nitrogens is 6. The van der Waals surface area contributed by atoms with Crippen LogP contribution in [0.25, 0.3) is 11.3 Å². The van der Waals surface area contributed by atoms with Crippen LogP contribution in [0.4, 0.5) is 8.78 Å². The van der Waals surface area contributed by atoms with E-state index in [1.54, 1.807) is 24.3 Å². The van der Waals surface area contributed by atoms with Crippen LogP contribution in [-0.4, -0.2) is 42.4 Å². The molecule has 2 N–H and O–H groups in total. The van der Waals surface area contributed by atoms with Crippen molar-refractivity contribution in [3.8, 4) is 17.0 Å². The van der Waals surface area contributed by atoms with E-state index in [0.29, 0.717) is 29.9 Å². The summed E-state index contributed by atoms with van der Waals surface area (Å²) < 4.78 is 33.2. The summed E-state index contributed by atoms with van der Waals surface area (Å²) in [5, 5.41) is 21.7. The maximum Gasteiger partial charge on any atom is 0.394 e. The van der Waals surface area contributed by atoms with E-state index in [-0.39, 0.29) is 24.1 Å². The number of aromatic amines is 1. The molecule has 0 saturated heterocycles. The van der Waals surface area contributed by atoms with Crippen molar-refractivity contribution in [2.75, 3.05) is 0 Å². The average Bonchev–Trinajstić information content (AvgIpc) is 3.62. The minimum atomic E-state index is -3.28. The number of hydrogen-bond acceptors (Lipinski definition) is 6. The van der Waals surface area contributed by atoms with E-state index in [4.69, 9.17) is 16.7 Å². The SMILES string of the molecule is CC(c1ccc(Cl)cc1)c1cc(-c2ccc(OC(C)(F)F)cc2)n(Cc2ccc(C(=O)NCc3nn[nH]n3)cc2)n1. The molecule has 2 heterocycles. The Balaban J connectivity index is 1.39. The highest BCUT2D eigenvalue weighted by molar-refractivity contribution is 6.30. The van der Waals surface area contributed by atoms with Crippen LogP contribution in [0.3, 0.4) is 0 Å². The fourth-order valence-electron chi connectivity index (χ4n) is 4.28. The average molecular weight is 578 g/mol. The Bertz CT molecular complexity index is 1600. The molecule has 1 amide bonds. The maximum atomic E-state index is 13.3. The predicted molar refractivity (Wildman–Crippen MR) is 149 cm³/mol. The normalized spacial score (nSPS) is 12.2. The summed E-state index contributed by atoms with van der Waals surface area (Å²) in [6, 6.07) is 23.2. The number of nitrogens with zero attached hydrogens (tertiary/aromatic N) is 5. The summed E-state index contributed by atoms with van der Waals surface area (Å²) in [7, 11) is 0. The molecule has 2 aromatic heterocycles. The van der Waals surface area contributed by atoms with Crippen molar-refractivity contribution in [3.05, 3.63) is 112 Å². The molecule has 0 radical (unpaired) electrons. The van der Waals surface area contributed by atoms with Gasteiger partial charge in [0, 0.05) is 29.0 Å². The van der Waals surface area contributed by atoms with Gasteiger partial charge in [-0.05, 0) is 65.7 Å². The summed E-state index contributed by atoms with van der Waals surface area (Å²) in [6.45, 7) is 3.33. The van der Waals surface area contributed by atoms with Crippen LogP contribution in [0.5, 0.6) is 5.75 Å². The highest BCUT2D eigenvalue weighted by atomic mass is 35.5. The zero-order chi connectivity index (χ0) is 29.0.